The fraction of sp³-hybridized carbons (Fsp3) is 0.412. The SMILES string of the molecule is O=C(NCCNC(=O)c1ccn(C2CCCNC2)n1)c1cccnc1. The molecule has 0 radical (unpaired) electrons. The molecule has 3 N–H and O–H groups in total. The molecular formula is C17H22N6O2. The largest absolute Gasteiger partial charge is 0.350 e. The highest BCUT2D eigenvalue weighted by atomic mass is 16.2. The van der Waals surface area contributed by atoms with Crippen molar-refractivity contribution in [2.45, 2.75) is 18.9 Å². The van der Waals surface area contributed by atoms with Crippen LogP contribution in [0.5, 0.6) is 0 Å². The molecule has 25 heavy (non-hydrogen) atoms. The van der Waals surface area contributed by atoms with Crippen molar-refractivity contribution < 1.29 is 9.59 Å². The van der Waals surface area contributed by atoms with Crippen LogP contribution in [-0.2, 0) is 0 Å². The van der Waals surface area contributed by atoms with Gasteiger partial charge in [-0.2, -0.15) is 5.10 Å². The van der Waals surface area contributed by atoms with Crippen LogP contribution in [0.1, 0.15) is 39.7 Å². The second-order valence-corrected chi connectivity index (χ2v) is 5.93. The van der Waals surface area contributed by atoms with Gasteiger partial charge in [0, 0.05) is 38.2 Å². The van der Waals surface area contributed by atoms with Crippen LogP contribution in [-0.4, -0.2) is 52.8 Å². The number of hydrogen-bond acceptors (Lipinski definition) is 5. The second kappa shape index (κ2) is 8.39. The van der Waals surface area contributed by atoms with Crippen LogP contribution in [0.4, 0.5) is 0 Å². The minimum Gasteiger partial charge on any atom is -0.350 e. The smallest absolute Gasteiger partial charge is 0.271 e. The summed E-state index contributed by atoms with van der Waals surface area (Å²) in [5.74, 6) is -0.449. The summed E-state index contributed by atoms with van der Waals surface area (Å²) >= 11 is 0. The zero-order chi connectivity index (χ0) is 17.5. The highest BCUT2D eigenvalue weighted by molar-refractivity contribution is 5.94. The molecule has 0 saturated carbocycles. The number of nitrogens with zero attached hydrogens (tertiary/aromatic N) is 3. The molecule has 3 heterocycles. The van der Waals surface area contributed by atoms with Crippen molar-refractivity contribution in [3.05, 3.63) is 48.0 Å². The normalized spacial score (nSPS) is 17.0. The van der Waals surface area contributed by atoms with Gasteiger partial charge in [-0.15, -0.1) is 0 Å². The van der Waals surface area contributed by atoms with Gasteiger partial charge in [-0.3, -0.25) is 19.3 Å². The van der Waals surface area contributed by atoms with Gasteiger partial charge in [0.1, 0.15) is 5.69 Å². The number of amides is 2. The van der Waals surface area contributed by atoms with Gasteiger partial charge in [-0.1, -0.05) is 0 Å². The molecule has 0 aliphatic carbocycles. The summed E-state index contributed by atoms with van der Waals surface area (Å²) in [7, 11) is 0. The van der Waals surface area contributed by atoms with Gasteiger partial charge in [-0.25, -0.2) is 0 Å². The van der Waals surface area contributed by atoms with E-state index in [1.54, 1.807) is 24.4 Å². The maximum absolute atomic E-state index is 12.1. The number of pyridine rings is 1. The summed E-state index contributed by atoms with van der Waals surface area (Å²) in [5.41, 5.74) is 0.887. The van der Waals surface area contributed by atoms with Crippen molar-refractivity contribution in [2.24, 2.45) is 0 Å². The summed E-state index contributed by atoms with van der Waals surface area (Å²) in [6, 6.07) is 5.41. The highest BCUT2D eigenvalue weighted by Gasteiger charge is 2.17. The van der Waals surface area contributed by atoms with Crippen LogP contribution < -0.4 is 16.0 Å². The molecular weight excluding hydrogens is 320 g/mol. The molecule has 0 spiro atoms. The first-order valence-corrected chi connectivity index (χ1v) is 8.46. The topological polar surface area (TPSA) is 101 Å². The molecule has 0 aromatic carbocycles. The Kier molecular flexibility index (Phi) is 5.73. The molecule has 8 heteroatoms. The lowest BCUT2D eigenvalue weighted by Crippen LogP contribution is -2.35. The Bertz CT molecular complexity index is 709. The van der Waals surface area contributed by atoms with Gasteiger partial charge in [0.25, 0.3) is 11.8 Å². The van der Waals surface area contributed by atoms with Crippen molar-refractivity contribution >= 4 is 11.8 Å². The van der Waals surface area contributed by atoms with E-state index in [1.807, 2.05) is 10.9 Å². The Morgan fingerprint density at radius 1 is 1.24 bits per heavy atom. The van der Waals surface area contributed by atoms with Crippen LogP contribution in [0.3, 0.4) is 0 Å². The van der Waals surface area contributed by atoms with Crippen LogP contribution in [0.25, 0.3) is 0 Å². The van der Waals surface area contributed by atoms with Crippen LogP contribution in [0.15, 0.2) is 36.8 Å². The predicted molar refractivity (Wildman–Crippen MR) is 92.3 cm³/mol. The van der Waals surface area contributed by atoms with Gasteiger partial charge >= 0.3 is 0 Å². The second-order valence-electron chi connectivity index (χ2n) is 5.93. The lowest BCUT2D eigenvalue weighted by atomic mass is 10.1. The predicted octanol–water partition coefficient (Wildman–Crippen LogP) is 0.362. The zero-order valence-corrected chi connectivity index (χ0v) is 13.9. The molecule has 1 saturated heterocycles. The van der Waals surface area contributed by atoms with E-state index in [0.29, 0.717) is 30.4 Å². The van der Waals surface area contributed by atoms with Crippen LogP contribution >= 0.6 is 0 Å². The molecule has 1 fully saturated rings. The Labute approximate surface area is 146 Å². The van der Waals surface area contributed by atoms with E-state index in [1.165, 1.54) is 6.20 Å². The highest BCUT2D eigenvalue weighted by Crippen LogP contribution is 2.15. The molecule has 0 bridgehead atoms. The summed E-state index contributed by atoms with van der Waals surface area (Å²) in [5, 5.41) is 13.2. The van der Waals surface area contributed by atoms with E-state index in [9.17, 15) is 9.59 Å². The minimum absolute atomic E-state index is 0.212. The van der Waals surface area contributed by atoms with E-state index >= 15 is 0 Å². The van der Waals surface area contributed by atoms with Gasteiger partial charge in [-0.05, 0) is 37.6 Å². The molecule has 8 nitrogen and oxygen atoms in total. The Hall–Kier alpha value is -2.74. The van der Waals surface area contributed by atoms with Crippen molar-refractivity contribution in [1.29, 1.82) is 0 Å². The number of piperidine rings is 1. The van der Waals surface area contributed by atoms with Crippen molar-refractivity contribution in [1.82, 2.24) is 30.7 Å². The Balaban J connectivity index is 1.42. The molecule has 2 aromatic heterocycles. The third kappa shape index (κ3) is 4.63. The number of carbonyl (C=O) groups excluding carboxylic acids is 2. The lowest BCUT2D eigenvalue weighted by molar-refractivity contribution is 0.0924. The standard InChI is InChI=1S/C17H22N6O2/c24-16(13-3-1-6-18-11-13)20-8-9-21-17(25)15-5-10-23(22-15)14-4-2-7-19-12-14/h1,3,5-6,10-11,14,19H,2,4,7-9,12H2,(H,20,24)(H,21,25). The molecule has 2 aromatic rings. The van der Waals surface area contributed by atoms with Crippen molar-refractivity contribution in [3.63, 3.8) is 0 Å². The number of rotatable bonds is 6. The third-order valence-electron chi connectivity index (χ3n) is 4.11. The maximum Gasteiger partial charge on any atom is 0.271 e. The summed E-state index contributed by atoms with van der Waals surface area (Å²) in [6.07, 6.45) is 7.13. The quantitative estimate of drug-likeness (QED) is 0.658. The minimum atomic E-state index is -0.238. The van der Waals surface area contributed by atoms with Crippen molar-refractivity contribution in [3.8, 4) is 0 Å². The monoisotopic (exact) mass is 342 g/mol. The van der Waals surface area contributed by atoms with Crippen LogP contribution in [0, 0.1) is 0 Å². The lowest BCUT2D eigenvalue weighted by Gasteiger charge is -2.22. The first-order valence-electron chi connectivity index (χ1n) is 8.46. The van der Waals surface area contributed by atoms with E-state index in [-0.39, 0.29) is 11.8 Å². The Morgan fingerprint density at radius 2 is 2.08 bits per heavy atom. The molecule has 2 amide bonds. The van der Waals surface area contributed by atoms with Gasteiger partial charge < -0.3 is 16.0 Å². The molecule has 1 unspecified atom stereocenters. The Morgan fingerprint density at radius 3 is 2.80 bits per heavy atom. The number of aromatic nitrogens is 3. The average Bonchev–Trinajstić information content (AvgIpc) is 3.16. The molecule has 132 valence electrons. The van der Waals surface area contributed by atoms with E-state index in [2.05, 4.69) is 26.0 Å². The summed E-state index contributed by atoms with van der Waals surface area (Å²) in [4.78, 5) is 27.9. The summed E-state index contributed by atoms with van der Waals surface area (Å²) in [6.45, 7) is 2.59. The number of hydrogen-bond donors (Lipinski definition) is 3. The van der Waals surface area contributed by atoms with Crippen LogP contribution in [0.2, 0.25) is 0 Å². The first-order chi connectivity index (χ1) is 12.2. The summed E-state index contributed by atoms with van der Waals surface area (Å²) < 4.78 is 1.85. The van der Waals surface area contributed by atoms with E-state index in [0.717, 1.165) is 25.9 Å². The van der Waals surface area contributed by atoms with E-state index in [4.69, 9.17) is 0 Å². The molecule has 1 atom stereocenters. The van der Waals surface area contributed by atoms with Crippen molar-refractivity contribution in [2.75, 3.05) is 26.2 Å². The van der Waals surface area contributed by atoms with Gasteiger partial charge in [0.2, 0.25) is 0 Å². The fourth-order valence-corrected chi connectivity index (χ4v) is 2.76. The zero-order valence-electron chi connectivity index (χ0n) is 13.9. The molecule has 3 rings (SSSR count). The molecule has 1 aliphatic rings. The average molecular weight is 342 g/mol. The number of carbonyl (C=O) groups is 2. The first kappa shape index (κ1) is 17.1. The fourth-order valence-electron chi connectivity index (χ4n) is 2.76. The number of nitrogens with one attached hydrogen (secondary N) is 3. The molecule has 1 aliphatic heterocycles. The van der Waals surface area contributed by atoms with Gasteiger partial charge in [0.05, 0.1) is 11.6 Å². The maximum atomic E-state index is 12.1. The van der Waals surface area contributed by atoms with Gasteiger partial charge in [0.15, 0.2) is 0 Å². The third-order valence-corrected chi connectivity index (χ3v) is 4.11. The van der Waals surface area contributed by atoms with E-state index < -0.39 is 0 Å².